The third kappa shape index (κ3) is 5.10. The predicted molar refractivity (Wildman–Crippen MR) is 119 cm³/mol. The van der Waals surface area contributed by atoms with E-state index in [2.05, 4.69) is 26.3 Å². The highest BCUT2D eigenvalue weighted by molar-refractivity contribution is 5.70. The van der Waals surface area contributed by atoms with E-state index in [9.17, 15) is 14.5 Å². The molecule has 0 amide bonds. The Morgan fingerprint density at radius 1 is 1.06 bits per heavy atom. The predicted octanol–water partition coefficient (Wildman–Crippen LogP) is 4.15. The Morgan fingerprint density at radius 3 is 2.48 bits per heavy atom. The first-order valence-corrected chi connectivity index (χ1v) is 10.8. The molecule has 8 nitrogen and oxygen atoms in total. The second-order valence-electron chi connectivity index (χ2n) is 7.89. The van der Waals surface area contributed by atoms with Gasteiger partial charge in [-0.1, -0.05) is 11.6 Å². The van der Waals surface area contributed by atoms with E-state index in [1.54, 1.807) is 12.1 Å². The fourth-order valence-electron chi connectivity index (χ4n) is 4.20. The maximum atomic E-state index is 13.2. The molecule has 31 heavy (non-hydrogen) atoms. The molecule has 0 radical (unpaired) electrons. The lowest BCUT2D eigenvalue weighted by Crippen LogP contribution is -2.47. The first kappa shape index (κ1) is 21.0. The van der Waals surface area contributed by atoms with Gasteiger partial charge in [0, 0.05) is 38.4 Å². The minimum Gasteiger partial charge on any atom is -0.368 e. The number of anilines is 3. The van der Waals surface area contributed by atoms with Crippen molar-refractivity contribution in [2.75, 3.05) is 47.8 Å². The largest absolute Gasteiger partial charge is 0.368 e. The number of allylic oxidation sites excluding steroid dienone is 1. The number of benzene rings is 1. The summed E-state index contributed by atoms with van der Waals surface area (Å²) in [5, 5.41) is 15.0. The van der Waals surface area contributed by atoms with Crippen LogP contribution in [0.25, 0.3) is 0 Å². The molecule has 1 aliphatic heterocycles. The highest BCUT2D eigenvalue weighted by Crippen LogP contribution is 2.33. The summed E-state index contributed by atoms with van der Waals surface area (Å²) in [5.41, 5.74) is 2.28. The van der Waals surface area contributed by atoms with E-state index in [-0.39, 0.29) is 17.3 Å². The van der Waals surface area contributed by atoms with Crippen LogP contribution in [0.5, 0.6) is 0 Å². The molecule has 1 fully saturated rings. The molecule has 1 aromatic carbocycles. The van der Waals surface area contributed by atoms with E-state index in [1.165, 1.54) is 36.9 Å². The first-order valence-electron chi connectivity index (χ1n) is 10.8. The number of hydrogen-bond donors (Lipinski definition) is 1. The van der Waals surface area contributed by atoms with E-state index >= 15 is 0 Å². The molecule has 2 aromatic rings. The van der Waals surface area contributed by atoms with E-state index in [1.807, 2.05) is 4.90 Å². The molecule has 0 bridgehead atoms. The van der Waals surface area contributed by atoms with Gasteiger partial charge in [0.05, 0.1) is 4.92 Å². The van der Waals surface area contributed by atoms with E-state index < -0.39 is 4.92 Å². The van der Waals surface area contributed by atoms with E-state index in [0.717, 1.165) is 24.9 Å². The third-order valence-electron chi connectivity index (χ3n) is 5.88. The smallest absolute Gasteiger partial charge is 0.353 e. The zero-order valence-corrected chi connectivity index (χ0v) is 17.5. The second-order valence-corrected chi connectivity index (χ2v) is 7.89. The van der Waals surface area contributed by atoms with Crippen LogP contribution in [0.2, 0.25) is 0 Å². The number of nitrogens with zero attached hydrogens (tertiary/aromatic N) is 5. The Bertz CT molecular complexity index is 942. The molecule has 1 aliphatic carbocycles. The van der Waals surface area contributed by atoms with Crippen molar-refractivity contribution in [2.45, 2.75) is 32.1 Å². The number of aromatic nitrogens is 2. The van der Waals surface area contributed by atoms with Gasteiger partial charge in [0.25, 0.3) is 0 Å². The van der Waals surface area contributed by atoms with Gasteiger partial charge in [0.15, 0.2) is 0 Å². The van der Waals surface area contributed by atoms with E-state index in [4.69, 9.17) is 0 Å². The molecule has 0 unspecified atom stereocenters. The maximum absolute atomic E-state index is 13.2. The lowest BCUT2D eigenvalue weighted by Gasteiger charge is -2.36. The molecule has 1 N–H and O–H groups in total. The summed E-state index contributed by atoms with van der Waals surface area (Å²) in [7, 11) is 0. The van der Waals surface area contributed by atoms with Gasteiger partial charge in [-0.2, -0.15) is 0 Å². The van der Waals surface area contributed by atoms with Gasteiger partial charge < -0.3 is 15.1 Å². The monoisotopic (exact) mass is 426 g/mol. The summed E-state index contributed by atoms with van der Waals surface area (Å²) in [6.45, 7) is 3.12. The van der Waals surface area contributed by atoms with Gasteiger partial charge in [0.2, 0.25) is 11.6 Å². The summed E-state index contributed by atoms with van der Waals surface area (Å²) in [4.78, 5) is 23.9. The lowest BCUT2D eigenvalue weighted by molar-refractivity contribution is -0.383. The van der Waals surface area contributed by atoms with Gasteiger partial charge in [-0.15, -0.1) is 0 Å². The normalized spacial score (nSPS) is 16.7. The van der Waals surface area contributed by atoms with Crippen molar-refractivity contribution in [2.24, 2.45) is 0 Å². The van der Waals surface area contributed by atoms with Gasteiger partial charge in [0.1, 0.15) is 12.1 Å². The van der Waals surface area contributed by atoms with Gasteiger partial charge in [-0.05, 0) is 56.4 Å². The van der Waals surface area contributed by atoms with E-state index in [0.29, 0.717) is 38.5 Å². The SMILES string of the molecule is O=[N+]([O-])c1c(NCCC2=CCCCC2)ncnc1N1CCN(c2ccc(F)cc2)CC1. The highest BCUT2D eigenvalue weighted by Gasteiger charge is 2.29. The van der Waals surface area contributed by atoms with Crippen LogP contribution >= 0.6 is 0 Å². The molecule has 164 valence electrons. The van der Waals surface area contributed by atoms with Gasteiger partial charge in [-0.3, -0.25) is 10.1 Å². The number of rotatable bonds is 7. The fraction of sp³-hybridized carbons (Fsp3) is 0.455. The molecule has 2 aliphatic rings. The highest BCUT2D eigenvalue weighted by atomic mass is 19.1. The molecule has 2 heterocycles. The molecule has 0 saturated carbocycles. The molecule has 9 heteroatoms. The van der Waals surface area contributed by atoms with Crippen molar-refractivity contribution in [3.63, 3.8) is 0 Å². The molecular formula is C22H27FN6O2. The van der Waals surface area contributed by atoms with Crippen molar-refractivity contribution in [3.8, 4) is 0 Å². The summed E-state index contributed by atoms with van der Waals surface area (Å²) < 4.78 is 13.2. The van der Waals surface area contributed by atoms with Crippen LogP contribution in [0.1, 0.15) is 32.1 Å². The average Bonchev–Trinajstić information content (AvgIpc) is 2.80. The van der Waals surface area contributed by atoms with Crippen LogP contribution < -0.4 is 15.1 Å². The summed E-state index contributed by atoms with van der Waals surface area (Å²) >= 11 is 0. The zero-order valence-electron chi connectivity index (χ0n) is 17.5. The van der Waals surface area contributed by atoms with Crippen molar-refractivity contribution < 1.29 is 9.31 Å². The van der Waals surface area contributed by atoms with Crippen LogP contribution in [-0.2, 0) is 0 Å². The average molecular weight is 426 g/mol. The number of nitro groups is 1. The Balaban J connectivity index is 1.43. The number of hydrogen-bond acceptors (Lipinski definition) is 7. The molecule has 4 rings (SSSR count). The summed E-state index contributed by atoms with van der Waals surface area (Å²) in [6.07, 6.45) is 9.23. The van der Waals surface area contributed by atoms with Crippen LogP contribution in [0, 0.1) is 15.9 Å². The fourth-order valence-corrected chi connectivity index (χ4v) is 4.20. The number of nitrogens with one attached hydrogen (secondary N) is 1. The number of halogens is 1. The minimum atomic E-state index is -0.399. The third-order valence-corrected chi connectivity index (χ3v) is 5.88. The first-order chi connectivity index (χ1) is 15.1. The van der Waals surface area contributed by atoms with Crippen molar-refractivity contribution >= 4 is 23.0 Å². The van der Waals surface area contributed by atoms with Gasteiger partial charge >= 0.3 is 5.69 Å². The molecular weight excluding hydrogens is 399 g/mol. The quantitative estimate of drug-likeness (QED) is 0.404. The summed E-state index contributed by atoms with van der Waals surface area (Å²) in [5.74, 6) is 0.351. The Labute approximate surface area is 180 Å². The van der Waals surface area contributed by atoms with Crippen molar-refractivity contribution in [1.29, 1.82) is 0 Å². The maximum Gasteiger partial charge on any atom is 0.353 e. The van der Waals surface area contributed by atoms with Crippen molar-refractivity contribution in [3.05, 3.63) is 58.2 Å². The minimum absolute atomic E-state index is 0.0737. The molecule has 0 atom stereocenters. The lowest BCUT2D eigenvalue weighted by atomic mass is 9.97. The molecule has 1 aromatic heterocycles. The van der Waals surface area contributed by atoms with Crippen molar-refractivity contribution in [1.82, 2.24) is 9.97 Å². The Morgan fingerprint density at radius 2 is 1.81 bits per heavy atom. The molecule has 0 spiro atoms. The Kier molecular flexibility index (Phi) is 6.59. The zero-order chi connectivity index (χ0) is 21.6. The second kappa shape index (κ2) is 9.72. The summed E-state index contributed by atoms with van der Waals surface area (Å²) in [6, 6.07) is 6.39. The molecule has 1 saturated heterocycles. The van der Waals surface area contributed by atoms with Crippen LogP contribution in [-0.4, -0.2) is 47.6 Å². The van der Waals surface area contributed by atoms with Crippen LogP contribution in [0.3, 0.4) is 0 Å². The topological polar surface area (TPSA) is 87.4 Å². The standard InChI is InChI=1S/C22H27FN6O2/c23-18-6-8-19(9-7-18)27-12-14-28(15-13-27)22-20(29(30)31)21(25-16-26-22)24-11-10-17-4-2-1-3-5-17/h4,6-9,16H,1-3,5,10-15H2,(H,24,25,26). The number of piperazine rings is 1. The van der Waals surface area contributed by atoms with Crippen LogP contribution in [0.15, 0.2) is 42.2 Å². The van der Waals surface area contributed by atoms with Crippen LogP contribution in [0.4, 0.5) is 27.4 Å². The Hall–Kier alpha value is -3.23. The van der Waals surface area contributed by atoms with Gasteiger partial charge in [-0.25, -0.2) is 14.4 Å².